The van der Waals surface area contributed by atoms with Crippen LogP contribution in [-0.4, -0.2) is 24.5 Å². The van der Waals surface area contributed by atoms with Crippen molar-refractivity contribution in [1.82, 2.24) is 4.90 Å². The molecule has 0 saturated carbocycles. The summed E-state index contributed by atoms with van der Waals surface area (Å²) in [5.74, 6) is 0. The smallest absolute Gasteiger partial charge is 0.0511 e. The first-order valence-corrected chi connectivity index (χ1v) is 12.3. The van der Waals surface area contributed by atoms with Crippen LogP contribution in [0.5, 0.6) is 0 Å². The van der Waals surface area contributed by atoms with Crippen molar-refractivity contribution >= 4 is 5.69 Å². The van der Waals surface area contributed by atoms with Gasteiger partial charge in [-0.3, -0.25) is 0 Å². The molecule has 172 valence electrons. The second-order valence-corrected chi connectivity index (χ2v) is 8.11. The number of nitrogens with one attached hydrogen (secondary N) is 1. The number of hydrogen-bond donors (Lipinski definition) is 1. The summed E-state index contributed by atoms with van der Waals surface area (Å²) in [5.41, 5.74) is 8.58. The molecule has 1 aromatic rings. The molecule has 0 radical (unpaired) electrons. The number of likely N-dealkylation sites (N-methyl/N-ethyl adjacent to an activating group) is 1. The average Bonchev–Trinajstić information content (AvgIpc) is 3.25. The highest BCUT2D eigenvalue weighted by Gasteiger charge is 2.19. The van der Waals surface area contributed by atoms with Crippen LogP contribution in [0.15, 0.2) is 65.4 Å². The van der Waals surface area contributed by atoms with Crippen molar-refractivity contribution < 1.29 is 0 Å². The van der Waals surface area contributed by atoms with E-state index in [1.54, 1.807) is 0 Å². The van der Waals surface area contributed by atoms with E-state index in [0.29, 0.717) is 6.04 Å². The van der Waals surface area contributed by atoms with Gasteiger partial charge in [-0.15, -0.1) is 0 Å². The minimum Gasteiger partial charge on any atom is -0.384 e. The fourth-order valence-electron chi connectivity index (χ4n) is 3.95. The minimum absolute atomic E-state index is 0.458. The molecule has 0 saturated heterocycles. The van der Waals surface area contributed by atoms with E-state index in [1.807, 2.05) is 13.8 Å². The van der Waals surface area contributed by atoms with E-state index in [4.69, 9.17) is 0 Å². The largest absolute Gasteiger partial charge is 0.384 e. The van der Waals surface area contributed by atoms with Gasteiger partial charge in [0.05, 0.1) is 6.04 Å². The Kier molecular flexibility index (Phi) is 12.7. The van der Waals surface area contributed by atoms with Crippen LogP contribution in [0, 0.1) is 6.92 Å². The number of nitrogens with zero attached hydrogens (tertiary/aromatic N) is 1. The topological polar surface area (TPSA) is 15.3 Å². The zero-order valence-corrected chi connectivity index (χ0v) is 21.4. The monoisotopic (exact) mass is 422 g/mol. The van der Waals surface area contributed by atoms with Crippen molar-refractivity contribution in [3.63, 3.8) is 0 Å². The Labute approximate surface area is 192 Å². The van der Waals surface area contributed by atoms with Gasteiger partial charge in [0.15, 0.2) is 0 Å². The van der Waals surface area contributed by atoms with Crippen LogP contribution in [0.3, 0.4) is 0 Å². The molecule has 0 aromatic heterocycles. The number of allylic oxidation sites excluding steroid dienone is 5. The average molecular weight is 423 g/mol. The van der Waals surface area contributed by atoms with Gasteiger partial charge in [0, 0.05) is 19.3 Å². The number of rotatable bonds is 6. The zero-order chi connectivity index (χ0) is 23.2. The maximum atomic E-state index is 3.33. The summed E-state index contributed by atoms with van der Waals surface area (Å²) in [4.78, 5) is 2.29. The van der Waals surface area contributed by atoms with Crippen molar-refractivity contribution in [2.24, 2.45) is 0 Å². The minimum atomic E-state index is 0.458. The van der Waals surface area contributed by atoms with E-state index < -0.39 is 0 Å². The van der Waals surface area contributed by atoms with Crippen molar-refractivity contribution in [3.05, 3.63) is 76.5 Å². The molecule has 31 heavy (non-hydrogen) atoms. The SMILES string of the molecule is C/C=C(CCC)/C(=C/CCC)C1=CC=CN(C)C1C.CC.Cc1ccc2c(c1)CCN2. The van der Waals surface area contributed by atoms with E-state index in [9.17, 15) is 0 Å². The molecule has 0 bridgehead atoms. The third kappa shape index (κ3) is 8.09. The number of aryl methyl sites for hydroxylation is 1. The van der Waals surface area contributed by atoms with Gasteiger partial charge in [-0.25, -0.2) is 0 Å². The van der Waals surface area contributed by atoms with Gasteiger partial charge in [-0.1, -0.05) is 76.5 Å². The molecule has 2 nitrogen and oxygen atoms in total. The van der Waals surface area contributed by atoms with Crippen LogP contribution in [-0.2, 0) is 6.42 Å². The molecule has 0 aliphatic carbocycles. The molecule has 2 aliphatic heterocycles. The summed E-state index contributed by atoms with van der Waals surface area (Å²) in [7, 11) is 2.15. The lowest BCUT2D eigenvalue weighted by Crippen LogP contribution is -2.28. The van der Waals surface area contributed by atoms with Gasteiger partial charge >= 0.3 is 0 Å². The van der Waals surface area contributed by atoms with Crippen molar-refractivity contribution in [3.8, 4) is 0 Å². The van der Waals surface area contributed by atoms with Gasteiger partial charge in [0.2, 0.25) is 0 Å². The Morgan fingerprint density at radius 3 is 2.58 bits per heavy atom. The van der Waals surface area contributed by atoms with Crippen LogP contribution in [0.25, 0.3) is 0 Å². The highest BCUT2D eigenvalue weighted by Crippen LogP contribution is 2.30. The van der Waals surface area contributed by atoms with Crippen molar-refractivity contribution in [1.29, 1.82) is 0 Å². The summed E-state index contributed by atoms with van der Waals surface area (Å²) in [6.07, 6.45) is 17.3. The van der Waals surface area contributed by atoms with Gasteiger partial charge < -0.3 is 10.2 Å². The number of hydrogen-bond acceptors (Lipinski definition) is 2. The fourth-order valence-corrected chi connectivity index (χ4v) is 3.95. The fraction of sp³-hybridized carbons (Fsp3) is 0.517. The third-order valence-electron chi connectivity index (χ3n) is 5.79. The maximum absolute atomic E-state index is 3.33. The van der Waals surface area contributed by atoms with Crippen LogP contribution in [0.2, 0.25) is 0 Å². The van der Waals surface area contributed by atoms with E-state index in [0.717, 1.165) is 13.0 Å². The van der Waals surface area contributed by atoms with E-state index in [1.165, 1.54) is 59.2 Å². The molecule has 1 atom stereocenters. The Hall–Kier alpha value is -2.22. The van der Waals surface area contributed by atoms with Crippen molar-refractivity contribution in [2.75, 3.05) is 18.9 Å². The molecular weight excluding hydrogens is 376 g/mol. The number of fused-ring (bicyclic) bond motifs is 1. The first kappa shape index (κ1) is 26.8. The molecule has 1 unspecified atom stereocenters. The van der Waals surface area contributed by atoms with Gasteiger partial charge in [0.25, 0.3) is 0 Å². The van der Waals surface area contributed by atoms with Crippen LogP contribution in [0.4, 0.5) is 5.69 Å². The summed E-state index contributed by atoms with van der Waals surface area (Å²) in [5, 5.41) is 3.33. The molecule has 1 N–H and O–H groups in total. The molecule has 2 heterocycles. The summed E-state index contributed by atoms with van der Waals surface area (Å²) >= 11 is 0. The van der Waals surface area contributed by atoms with E-state index in [-0.39, 0.29) is 0 Å². The maximum Gasteiger partial charge on any atom is 0.0511 e. The highest BCUT2D eigenvalue weighted by molar-refractivity contribution is 5.56. The lowest BCUT2D eigenvalue weighted by Gasteiger charge is -2.31. The summed E-state index contributed by atoms with van der Waals surface area (Å²) < 4.78 is 0. The van der Waals surface area contributed by atoms with Gasteiger partial charge in [0.1, 0.15) is 0 Å². The third-order valence-corrected chi connectivity index (χ3v) is 5.79. The number of benzene rings is 1. The van der Waals surface area contributed by atoms with Crippen molar-refractivity contribution in [2.45, 2.75) is 86.6 Å². The van der Waals surface area contributed by atoms with Crippen LogP contribution < -0.4 is 5.32 Å². The molecule has 0 spiro atoms. The standard InChI is InChI=1S/C18H29N.C9H11N.C2H6/c1-6-9-12-18(16(8-3)11-7-2)17-13-10-14-19(5)15(17)4;1-7-2-3-9-8(6-7)4-5-10-9;1-2/h8,10,12-15H,6-7,9,11H2,1-5H3;2-3,6,10H,4-5H2,1H3;1-2H3/b16-8+,18-12-;;. The van der Waals surface area contributed by atoms with Crippen LogP contribution in [0.1, 0.15) is 78.4 Å². The second kappa shape index (κ2) is 14.7. The van der Waals surface area contributed by atoms with E-state index >= 15 is 0 Å². The zero-order valence-electron chi connectivity index (χ0n) is 21.4. The molecule has 3 rings (SSSR count). The molecule has 2 heteroatoms. The predicted molar refractivity (Wildman–Crippen MR) is 141 cm³/mol. The molecule has 2 aliphatic rings. The van der Waals surface area contributed by atoms with Crippen LogP contribution >= 0.6 is 0 Å². The predicted octanol–water partition coefficient (Wildman–Crippen LogP) is 8.22. The van der Waals surface area contributed by atoms with Gasteiger partial charge in [-0.05, 0) is 80.7 Å². The van der Waals surface area contributed by atoms with Gasteiger partial charge in [-0.2, -0.15) is 0 Å². The molecular formula is C29H46N2. The molecule has 0 amide bonds. The second-order valence-electron chi connectivity index (χ2n) is 8.11. The molecule has 0 fully saturated rings. The summed E-state index contributed by atoms with van der Waals surface area (Å²) in [6, 6.07) is 7.03. The Bertz CT molecular complexity index is 780. The lowest BCUT2D eigenvalue weighted by atomic mass is 9.88. The normalized spacial score (nSPS) is 17.6. The quantitative estimate of drug-likeness (QED) is 0.464. The number of unbranched alkanes of at least 4 members (excludes halogenated alkanes) is 1. The Balaban J connectivity index is 0.000000332. The lowest BCUT2D eigenvalue weighted by molar-refractivity contribution is 0.390. The number of anilines is 1. The summed E-state index contributed by atoms with van der Waals surface area (Å²) in [6.45, 7) is 16.2. The first-order chi connectivity index (χ1) is 15.0. The Morgan fingerprint density at radius 1 is 1.19 bits per heavy atom. The highest BCUT2D eigenvalue weighted by atomic mass is 15.1. The first-order valence-electron chi connectivity index (χ1n) is 12.3. The van der Waals surface area contributed by atoms with E-state index in [2.05, 4.69) is 101 Å². The molecule has 1 aromatic carbocycles. The Morgan fingerprint density at radius 2 is 1.94 bits per heavy atom.